The first-order chi connectivity index (χ1) is 11.6. The van der Waals surface area contributed by atoms with Crippen molar-refractivity contribution in [2.24, 2.45) is 0 Å². The van der Waals surface area contributed by atoms with Gasteiger partial charge in [-0.2, -0.15) is 0 Å². The monoisotopic (exact) mass is 377 g/mol. The SMILES string of the molecule is Cc1nc(-c2ccccc2)nc(Nc2ccc(Cl)c(Cl)c2)c1CCl. The predicted molar refractivity (Wildman–Crippen MR) is 102 cm³/mol. The second kappa shape index (κ2) is 7.39. The quantitative estimate of drug-likeness (QED) is 0.546. The summed E-state index contributed by atoms with van der Waals surface area (Å²) in [5.41, 5.74) is 3.41. The lowest BCUT2D eigenvalue weighted by Crippen LogP contribution is -2.04. The van der Waals surface area contributed by atoms with Crippen LogP contribution in [0.2, 0.25) is 10.0 Å². The molecule has 1 N–H and O–H groups in total. The number of hydrogen-bond acceptors (Lipinski definition) is 3. The van der Waals surface area contributed by atoms with E-state index in [-0.39, 0.29) is 0 Å². The molecule has 1 aromatic heterocycles. The normalized spacial score (nSPS) is 10.7. The number of nitrogens with one attached hydrogen (secondary N) is 1. The molecule has 3 nitrogen and oxygen atoms in total. The Morgan fingerprint density at radius 2 is 1.71 bits per heavy atom. The van der Waals surface area contributed by atoms with E-state index in [0.717, 1.165) is 22.5 Å². The second-order valence-corrected chi connectivity index (χ2v) is 6.29. The summed E-state index contributed by atoms with van der Waals surface area (Å²) in [6.45, 7) is 1.92. The molecule has 0 amide bonds. The molecule has 1 heterocycles. The largest absolute Gasteiger partial charge is 0.340 e. The molecule has 0 aliphatic rings. The van der Waals surface area contributed by atoms with Crippen molar-refractivity contribution in [3.8, 4) is 11.4 Å². The molecule has 0 bridgehead atoms. The van der Waals surface area contributed by atoms with Gasteiger partial charge in [-0.1, -0.05) is 53.5 Å². The molecule has 0 spiro atoms. The lowest BCUT2D eigenvalue weighted by molar-refractivity contribution is 1.06. The lowest BCUT2D eigenvalue weighted by Gasteiger charge is -2.14. The van der Waals surface area contributed by atoms with Crippen molar-refractivity contribution in [1.82, 2.24) is 9.97 Å². The standard InChI is InChI=1S/C18H14Cl3N3/c1-11-14(10-19)18(23-13-7-8-15(20)16(21)9-13)24-17(22-11)12-5-3-2-4-6-12/h2-9H,10H2,1H3,(H,22,23,24). The predicted octanol–water partition coefficient (Wildman–Crippen LogP) is 6.24. The van der Waals surface area contributed by atoms with Crippen LogP contribution < -0.4 is 5.32 Å². The van der Waals surface area contributed by atoms with Crippen LogP contribution in [0.15, 0.2) is 48.5 Å². The van der Waals surface area contributed by atoms with Gasteiger partial charge in [-0.05, 0) is 25.1 Å². The minimum absolute atomic E-state index is 0.310. The molecule has 3 rings (SSSR count). The summed E-state index contributed by atoms with van der Waals surface area (Å²) in [5.74, 6) is 1.61. The highest BCUT2D eigenvalue weighted by molar-refractivity contribution is 6.42. The van der Waals surface area contributed by atoms with Crippen LogP contribution in [0.1, 0.15) is 11.3 Å². The van der Waals surface area contributed by atoms with Crippen LogP contribution in [0.25, 0.3) is 11.4 Å². The molecule has 3 aromatic rings. The third-order valence-corrected chi connectivity index (χ3v) is 4.57. The van der Waals surface area contributed by atoms with E-state index in [1.54, 1.807) is 12.1 Å². The van der Waals surface area contributed by atoms with E-state index >= 15 is 0 Å². The van der Waals surface area contributed by atoms with Gasteiger partial charge in [-0.25, -0.2) is 9.97 Å². The minimum Gasteiger partial charge on any atom is -0.340 e. The molecule has 6 heteroatoms. The lowest BCUT2D eigenvalue weighted by atomic mass is 10.2. The Morgan fingerprint density at radius 3 is 2.38 bits per heavy atom. The maximum absolute atomic E-state index is 6.09. The molecule has 0 atom stereocenters. The van der Waals surface area contributed by atoms with E-state index in [1.165, 1.54) is 0 Å². The molecule has 2 aromatic carbocycles. The topological polar surface area (TPSA) is 37.8 Å². The number of rotatable bonds is 4. The van der Waals surface area contributed by atoms with Gasteiger partial charge in [0.25, 0.3) is 0 Å². The van der Waals surface area contributed by atoms with Gasteiger partial charge < -0.3 is 5.32 Å². The van der Waals surface area contributed by atoms with Gasteiger partial charge in [0.2, 0.25) is 0 Å². The smallest absolute Gasteiger partial charge is 0.161 e. The molecule has 0 saturated carbocycles. The number of halogens is 3. The van der Waals surface area contributed by atoms with Crippen LogP contribution in [0.3, 0.4) is 0 Å². The summed E-state index contributed by atoms with van der Waals surface area (Å²) < 4.78 is 0. The third-order valence-electron chi connectivity index (χ3n) is 3.56. The summed E-state index contributed by atoms with van der Waals surface area (Å²) in [6.07, 6.45) is 0. The molecule has 0 saturated heterocycles. The number of anilines is 2. The van der Waals surface area contributed by atoms with Crippen LogP contribution in [0.4, 0.5) is 11.5 Å². The van der Waals surface area contributed by atoms with Gasteiger partial charge in [-0.3, -0.25) is 0 Å². The van der Waals surface area contributed by atoms with Crippen LogP contribution in [-0.2, 0) is 5.88 Å². The maximum Gasteiger partial charge on any atom is 0.161 e. The zero-order chi connectivity index (χ0) is 17.1. The number of alkyl halides is 1. The highest BCUT2D eigenvalue weighted by Crippen LogP contribution is 2.29. The minimum atomic E-state index is 0.310. The highest BCUT2D eigenvalue weighted by Gasteiger charge is 2.13. The molecule has 0 unspecified atom stereocenters. The summed E-state index contributed by atoms with van der Waals surface area (Å²) in [5, 5.41) is 4.24. The van der Waals surface area contributed by atoms with Crippen LogP contribution in [0, 0.1) is 6.92 Å². The van der Waals surface area contributed by atoms with Crippen molar-refractivity contribution in [1.29, 1.82) is 0 Å². The summed E-state index contributed by atoms with van der Waals surface area (Å²) in [7, 11) is 0. The van der Waals surface area contributed by atoms with E-state index < -0.39 is 0 Å². The Bertz CT molecular complexity index is 867. The van der Waals surface area contributed by atoms with E-state index in [0.29, 0.717) is 27.6 Å². The fourth-order valence-corrected chi connectivity index (χ4v) is 2.90. The Balaban J connectivity index is 2.04. The first kappa shape index (κ1) is 17.0. The average Bonchev–Trinajstić information content (AvgIpc) is 2.59. The first-order valence-electron chi connectivity index (χ1n) is 7.29. The van der Waals surface area contributed by atoms with Crippen LogP contribution >= 0.6 is 34.8 Å². The Hall–Kier alpha value is -1.81. The van der Waals surface area contributed by atoms with E-state index in [4.69, 9.17) is 34.8 Å². The molecule has 0 aliphatic heterocycles. The summed E-state index contributed by atoms with van der Waals surface area (Å²) in [6, 6.07) is 15.1. The number of benzene rings is 2. The summed E-state index contributed by atoms with van der Waals surface area (Å²) >= 11 is 18.1. The summed E-state index contributed by atoms with van der Waals surface area (Å²) in [4.78, 5) is 9.20. The van der Waals surface area contributed by atoms with E-state index in [1.807, 2.05) is 43.3 Å². The van der Waals surface area contributed by atoms with E-state index in [2.05, 4.69) is 15.3 Å². The van der Waals surface area contributed by atoms with Gasteiger partial charge >= 0.3 is 0 Å². The van der Waals surface area contributed by atoms with Gasteiger partial charge in [0.15, 0.2) is 5.82 Å². The molecule has 122 valence electrons. The van der Waals surface area contributed by atoms with Crippen molar-refractivity contribution < 1.29 is 0 Å². The Labute approximate surface area is 155 Å². The fourth-order valence-electron chi connectivity index (χ4n) is 2.29. The molecule has 0 aliphatic carbocycles. The Kier molecular flexibility index (Phi) is 5.24. The van der Waals surface area contributed by atoms with Crippen molar-refractivity contribution in [3.63, 3.8) is 0 Å². The highest BCUT2D eigenvalue weighted by atomic mass is 35.5. The average molecular weight is 379 g/mol. The fraction of sp³-hybridized carbons (Fsp3) is 0.111. The zero-order valence-electron chi connectivity index (χ0n) is 12.9. The maximum atomic E-state index is 6.09. The number of hydrogen-bond donors (Lipinski definition) is 1. The second-order valence-electron chi connectivity index (χ2n) is 5.21. The van der Waals surface area contributed by atoms with Gasteiger partial charge in [0, 0.05) is 22.5 Å². The molecule has 0 radical (unpaired) electrons. The molecular formula is C18H14Cl3N3. The number of aromatic nitrogens is 2. The number of nitrogens with zero attached hydrogens (tertiary/aromatic N) is 2. The van der Waals surface area contributed by atoms with Crippen LogP contribution in [0.5, 0.6) is 0 Å². The van der Waals surface area contributed by atoms with Gasteiger partial charge in [0.05, 0.1) is 15.9 Å². The Morgan fingerprint density at radius 1 is 0.958 bits per heavy atom. The van der Waals surface area contributed by atoms with Crippen molar-refractivity contribution in [2.45, 2.75) is 12.8 Å². The zero-order valence-corrected chi connectivity index (χ0v) is 15.1. The van der Waals surface area contributed by atoms with Crippen molar-refractivity contribution in [3.05, 3.63) is 69.8 Å². The van der Waals surface area contributed by atoms with Gasteiger partial charge in [-0.15, -0.1) is 11.6 Å². The van der Waals surface area contributed by atoms with Crippen molar-refractivity contribution in [2.75, 3.05) is 5.32 Å². The molecular weight excluding hydrogens is 365 g/mol. The van der Waals surface area contributed by atoms with Gasteiger partial charge in [0.1, 0.15) is 5.82 Å². The molecule has 24 heavy (non-hydrogen) atoms. The van der Waals surface area contributed by atoms with Crippen molar-refractivity contribution >= 4 is 46.3 Å². The van der Waals surface area contributed by atoms with E-state index in [9.17, 15) is 0 Å². The van der Waals surface area contributed by atoms with Crippen LogP contribution in [-0.4, -0.2) is 9.97 Å². The number of aryl methyl sites for hydroxylation is 1. The third kappa shape index (κ3) is 3.64. The first-order valence-corrected chi connectivity index (χ1v) is 8.58. The molecule has 0 fully saturated rings.